The molecule has 2 atom stereocenters. The minimum absolute atomic E-state index is 0.279. The van der Waals surface area contributed by atoms with Crippen LogP contribution in [0.1, 0.15) is 17.2 Å². The number of anilines is 1. The number of hydrogen-bond donors (Lipinski definition) is 3. The molecule has 134 valence electrons. The summed E-state index contributed by atoms with van der Waals surface area (Å²) in [6.45, 7) is 5.85. The first kappa shape index (κ1) is 17.5. The molecule has 2 aromatic carbocycles. The Morgan fingerprint density at radius 3 is 2.69 bits per heavy atom. The number of ether oxygens (including phenoxy) is 1. The first-order valence-corrected chi connectivity index (χ1v) is 8.26. The smallest absolute Gasteiger partial charge is 0.319 e. The van der Waals surface area contributed by atoms with Gasteiger partial charge in [0, 0.05) is 5.70 Å². The van der Waals surface area contributed by atoms with Crippen molar-refractivity contribution in [3.05, 3.63) is 71.9 Å². The molecule has 1 aliphatic rings. The Hall–Kier alpha value is -3.28. The van der Waals surface area contributed by atoms with E-state index in [-0.39, 0.29) is 11.9 Å². The number of hydrogen-bond acceptors (Lipinski definition) is 3. The predicted octanol–water partition coefficient (Wildman–Crippen LogP) is 3.13. The molecule has 1 saturated heterocycles. The van der Waals surface area contributed by atoms with Crippen molar-refractivity contribution in [3.8, 4) is 5.75 Å². The van der Waals surface area contributed by atoms with Gasteiger partial charge in [-0.15, -0.1) is 0 Å². The number of benzene rings is 2. The highest BCUT2D eigenvalue weighted by atomic mass is 16.5. The minimum atomic E-state index is -0.667. The fourth-order valence-electron chi connectivity index (χ4n) is 3.09. The van der Waals surface area contributed by atoms with E-state index in [0.717, 1.165) is 11.1 Å². The zero-order valence-electron chi connectivity index (χ0n) is 14.7. The van der Waals surface area contributed by atoms with Gasteiger partial charge >= 0.3 is 6.03 Å². The van der Waals surface area contributed by atoms with E-state index in [2.05, 4.69) is 22.5 Å². The molecule has 2 aromatic rings. The van der Waals surface area contributed by atoms with E-state index in [9.17, 15) is 9.59 Å². The number of amides is 3. The molecule has 1 fully saturated rings. The fraction of sp³-hybridized carbons (Fsp3) is 0.200. The lowest BCUT2D eigenvalue weighted by Crippen LogP contribution is -2.51. The van der Waals surface area contributed by atoms with E-state index >= 15 is 0 Å². The van der Waals surface area contributed by atoms with Crippen molar-refractivity contribution in [2.24, 2.45) is 5.92 Å². The first-order valence-electron chi connectivity index (χ1n) is 8.26. The Balaban J connectivity index is 1.92. The molecule has 26 heavy (non-hydrogen) atoms. The molecular formula is C20H21N3O3. The molecule has 0 aromatic heterocycles. The molecule has 1 heterocycles. The van der Waals surface area contributed by atoms with Gasteiger partial charge in [-0.3, -0.25) is 4.79 Å². The van der Waals surface area contributed by atoms with E-state index < -0.39 is 12.0 Å². The van der Waals surface area contributed by atoms with E-state index in [1.54, 1.807) is 19.2 Å². The zero-order valence-corrected chi connectivity index (χ0v) is 14.7. The van der Waals surface area contributed by atoms with Crippen LogP contribution in [0.3, 0.4) is 0 Å². The maximum absolute atomic E-state index is 13.0. The van der Waals surface area contributed by atoms with Gasteiger partial charge in [0.25, 0.3) is 0 Å². The highest BCUT2D eigenvalue weighted by Gasteiger charge is 2.38. The molecule has 0 aliphatic carbocycles. The molecule has 3 N–H and O–H groups in total. The van der Waals surface area contributed by atoms with Crippen LogP contribution in [0.4, 0.5) is 10.5 Å². The van der Waals surface area contributed by atoms with Crippen molar-refractivity contribution in [2.45, 2.75) is 13.0 Å². The zero-order chi connectivity index (χ0) is 18.7. The van der Waals surface area contributed by atoms with Gasteiger partial charge in [-0.05, 0) is 24.6 Å². The van der Waals surface area contributed by atoms with Crippen molar-refractivity contribution in [2.75, 3.05) is 12.4 Å². The predicted molar refractivity (Wildman–Crippen MR) is 99.8 cm³/mol. The summed E-state index contributed by atoms with van der Waals surface area (Å²) in [6, 6.07) is 14.0. The van der Waals surface area contributed by atoms with Crippen molar-refractivity contribution >= 4 is 17.6 Å². The van der Waals surface area contributed by atoms with Crippen LogP contribution < -0.4 is 20.7 Å². The fourth-order valence-corrected chi connectivity index (χ4v) is 3.09. The second-order valence-electron chi connectivity index (χ2n) is 6.18. The van der Waals surface area contributed by atoms with Crippen LogP contribution in [0.15, 0.2) is 60.8 Å². The number of carbonyl (C=O) groups excluding carboxylic acids is 2. The number of carbonyl (C=O) groups is 2. The summed E-state index contributed by atoms with van der Waals surface area (Å²) in [5, 5.41) is 8.31. The summed E-state index contributed by atoms with van der Waals surface area (Å²) in [5.74, 6) is -0.385. The Bertz CT molecular complexity index is 863. The van der Waals surface area contributed by atoms with Gasteiger partial charge in [0.05, 0.1) is 18.8 Å². The Morgan fingerprint density at radius 2 is 1.96 bits per heavy atom. The standard InChI is InChI=1S/C20H21N3O3/c1-12-7-6-8-14(11-12)18-17(13(2)21-20(25)23-18)19(24)22-15-9-4-5-10-16(15)26-3/h4-11,17-18H,2H2,1,3H3,(H,22,24)(H2,21,23,25)/t17-,18+/m0/s1. The quantitative estimate of drug-likeness (QED) is 0.792. The molecule has 0 spiro atoms. The van der Waals surface area contributed by atoms with Crippen LogP contribution in [0, 0.1) is 12.8 Å². The lowest BCUT2D eigenvalue weighted by molar-refractivity contribution is -0.119. The molecule has 0 radical (unpaired) electrons. The normalized spacial score (nSPS) is 19.3. The molecule has 0 saturated carbocycles. The molecule has 3 amide bonds. The Morgan fingerprint density at radius 1 is 1.19 bits per heavy atom. The number of rotatable bonds is 4. The van der Waals surface area contributed by atoms with Crippen molar-refractivity contribution in [3.63, 3.8) is 0 Å². The number of aryl methyl sites for hydroxylation is 1. The van der Waals surface area contributed by atoms with Crippen LogP contribution in [0.5, 0.6) is 5.75 Å². The summed E-state index contributed by atoms with van der Waals surface area (Å²) in [7, 11) is 1.54. The van der Waals surface area contributed by atoms with E-state index in [1.807, 2.05) is 43.3 Å². The largest absolute Gasteiger partial charge is 0.495 e. The Labute approximate surface area is 152 Å². The Kier molecular flexibility index (Phi) is 4.93. The van der Waals surface area contributed by atoms with E-state index in [1.165, 1.54) is 0 Å². The summed E-state index contributed by atoms with van der Waals surface area (Å²) in [6.07, 6.45) is 0. The van der Waals surface area contributed by atoms with Gasteiger partial charge < -0.3 is 20.7 Å². The second-order valence-corrected chi connectivity index (χ2v) is 6.18. The van der Waals surface area contributed by atoms with Gasteiger partial charge in [0.1, 0.15) is 11.7 Å². The number of para-hydroxylation sites is 2. The van der Waals surface area contributed by atoms with Crippen LogP contribution in [0.25, 0.3) is 0 Å². The molecule has 0 bridgehead atoms. The van der Waals surface area contributed by atoms with Crippen molar-refractivity contribution in [1.29, 1.82) is 0 Å². The molecule has 1 aliphatic heterocycles. The van der Waals surface area contributed by atoms with Gasteiger partial charge in [0.2, 0.25) is 5.91 Å². The highest BCUT2D eigenvalue weighted by Crippen LogP contribution is 2.32. The maximum atomic E-state index is 13.0. The third-order valence-corrected chi connectivity index (χ3v) is 4.32. The summed E-state index contributed by atoms with van der Waals surface area (Å²) in [4.78, 5) is 24.9. The lowest BCUT2D eigenvalue weighted by atomic mass is 9.87. The number of urea groups is 1. The second kappa shape index (κ2) is 7.31. The van der Waals surface area contributed by atoms with Crippen molar-refractivity contribution < 1.29 is 14.3 Å². The SMILES string of the molecule is C=C1NC(=O)N[C@H](c2cccc(C)c2)[C@H]1C(=O)Nc1ccccc1OC. The summed E-state index contributed by atoms with van der Waals surface area (Å²) >= 11 is 0. The van der Waals surface area contributed by atoms with Crippen LogP contribution in [-0.2, 0) is 4.79 Å². The molecule has 6 nitrogen and oxygen atoms in total. The van der Waals surface area contributed by atoms with Crippen molar-refractivity contribution in [1.82, 2.24) is 10.6 Å². The van der Waals surface area contributed by atoms with Gasteiger partial charge in [0.15, 0.2) is 0 Å². The number of methoxy groups -OCH3 is 1. The third-order valence-electron chi connectivity index (χ3n) is 4.32. The average Bonchev–Trinajstić information content (AvgIpc) is 2.61. The minimum Gasteiger partial charge on any atom is -0.495 e. The third kappa shape index (κ3) is 3.54. The van der Waals surface area contributed by atoms with Gasteiger partial charge in [-0.1, -0.05) is 48.5 Å². The van der Waals surface area contributed by atoms with Gasteiger partial charge in [-0.2, -0.15) is 0 Å². The number of nitrogens with one attached hydrogen (secondary N) is 3. The molecule has 0 unspecified atom stereocenters. The van der Waals surface area contributed by atoms with Crippen LogP contribution >= 0.6 is 0 Å². The van der Waals surface area contributed by atoms with E-state index in [4.69, 9.17) is 4.74 Å². The van der Waals surface area contributed by atoms with Crippen LogP contribution in [0.2, 0.25) is 0 Å². The molecular weight excluding hydrogens is 330 g/mol. The average molecular weight is 351 g/mol. The lowest BCUT2D eigenvalue weighted by Gasteiger charge is -2.34. The van der Waals surface area contributed by atoms with Crippen LogP contribution in [-0.4, -0.2) is 19.0 Å². The first-order chi connectivity index (χ1) is 12.5. The summed E-state index contributed by atoms with van der Waals surface area (Å²) in [5.41, 5.74) is 2.81. The maximum Gasteiger partial charge on any atom is 0.319 e. The molecule has 3 rings (SSSR count). The van der Waals surface area contributed by atoms with Gasteiger partial charge in [-0.25, -0.2) is 4.79 Å². The topological polar surface area (TPSA) is 79.5 Å². The van der Waals surface area contributed by atoms with E-state index in [0.29, 0.717) is 17.1 Å². The highest BCUT2D eigenvalue weighted by molar-refractivity contribution is 5.98. The summed E-state index contributed by atoms with van der Waals surface area (Å²) < 4.78 is 5.28. The molecule has 6 heteroatoms. The monoisotopic (exact) mass is 351 g/mol.